The van der Waals surface area contributed by atoms with Crippen molar-refractivity contribution in [2.75, 3.05) is 9.80 Å². The van der Waals surface area contributed by atoms with Crippen molar-refractivity contribution >= 4 is 33.8 Å². The van der Waals surface area contributed by atoms with E-state index in [4.69, 9.17) is 14.2 Å². The number of fused-ring (bicyclic) bond motifs is 7. The Morgan fingerprint density at radius 3 is 2.11 bits per heavy atom. The van der Waals surface area contributed by atoms with Crippen molar-refractivity contribution in [2.45, 2.75) is 156 Å². The van der Waals surface area contributed by atoms with Gasteiger partial charge in [-0.2, -0.15) is 0 Å². The molecule has 13 aliphatic rings. The molecule has 0 bridgehead atoms. The Balaban J connectivity index is 0.660. The molecule has 5 nitrogen and oxygen atoms in total. The van der Waals surface area contributed by atoms with E-state index in [2.05, 4.69) is 266 Å². The molecule has 0 N–H and O–H groups in total. The highest BCUT2D eigenvalue weighted by Crippen LogP contribution is 2.63. The molecule has 0 radical (unpaired) electrons. The molecule has 8 aromatic rings. The quantitative estimate of drug-likeness (QED) is 0.0561. The van der Waals surface area contributed by atoms with Gasteiger partial charge in [-0.15, -0.1) is 6.58 Å². The van der Waals surface area contributed by atoms with Gasteiger partial charge in [-0.3, -0.25) is 0 Å². The van der Waals surface area contributed by atoms with Gasteiger partial charge in [0.05, 0.1) is 11.5 Å². The molecular weight excluding hydrogens is 1520 g/mol. The molecule has 1 aliphatic heterocycles. The fraction of sp³-hybridized carbons (Fsp3) is 0.246. The summed E-state index contributed by atoms with van der Waals surface area (Å²) < 4.78 is 80.7. The third kappa shape index (κ3) is 14.3. The smallest absolute Gasteiger partial charge is 0.130 e. The lowest BCUT2D eigenvalue weighted by atomic mass is 9.60. The zero-order valence-electron chi connectivity index (χ0n) is 69.4. The van der Waals surface area contributed by atoms with Gasteiger partial charge in [0.15, 0.2) is 0 Å². The second-order valence-electron chi connectivity index (χ2n) is 35.4. The summed E-state index contributed by atoms with van der Waals surface area (Å²) in [5.74, 6) is 3.47. The molecule has 10 atom stereocenters. The number of anilines is 3. The predicted octanol–water partition coefficient (Wildman–Crippen LogP) is 29.4. The number of halogens is 4. The normalized spacial score (nSPS) is 25.7. The Hall–Kier alpha value is -12.5. The minimum Gasteiger partial charge on any atom is -0.486 e. The summed E-state index contributed by atoms with van der Waals surface area (Å²) in [6.45, 7) is 8.06. The van der Waals surface area contributed by atoms with E-state index in [9.17, 15) is 8.78 Å². The van der Waals surface area contributed by atoms with E-state index in [1.54, 1.807) is 30.4 Å². The lowest BCUT2D eigenvalue weighted by Gasteiger charge is -2.42. The summed E-state index contributed by atoms with van der Waals surface area (Å²) in [5.41, 5.74) is 27.0. The Morgan fingerprint density at radius 2 is 1.35 bits per heavy atom. The fourth-order valence-corrected chi connectivity index (χ4v) is 22.6. The van der Waals surface area contributed by atoms with Gasteiger partial charge in [0.25, 0.3) is 0 Å². The molecule has 21 rings (SSSR count). The summed E-state index contributed by atoms with van der Waals surface area (Å²) >= 11 is 0. The summed E-state index contributed by atoms with van der Waals surface area (Å²) in [5, 5.41) is 0. The molecule has 123 heavy (non-hydrogen) atoms. The third-order valence-electron chi connectivity index (χ3n) is 28.7. The monoisotopic (exact) mass is 1620 g/mol. The van der Waals surface area contributed by atoms with Gasteiger partial charge in [-0.25, -0.2) is 17.6 Å². The number of ether oxygens (including phenoxy) is 3. The number of nitrogens with zero attached hydrogens (tertiary/aromatic N) is 2. The maximum absolute atomic E-state index is 15.6. The van der Waals surface area contributed by atoms with E-state index in [0.29, 0.717) is 37.5 Å². The number of rotatable bonds is 20. The largest absolute Gasteiger partial charge is 0.486 e. The minimum absolute atomic E-state index is 0.0732. The van der Waals surface area contributed by atoms with Crippen LogP contribution in [0.25, 0.3) is 27.8 Å². The van der Waals surface area contributed by atoms with Gasteiger partial charge >= 0.3 is 0 Å². The highest BCUT2D eigenvalue weighted by molar-refractivity contribution is 5.92. The van der Waals surface area contributed by atoms with Crippen LogP contribution in [0, 0.1) is 29.4 Å². The highest BCUT2D eigenvalue weighted by Gasteiger charge is 2.53. The second kappa shape index (κ2) is 32.7. The first-order valence-electron chi connectivity index (χ1n) is 44.7. The first kappa shape index (κ1) is 77.8. The summed E-state index contributed by atoms with van der Waals surface area (Å²) in [7, 11) is 0. The maximum atomic E-state index is 15.6. The minimum atomic E-state index is -0.660. The molecule has 0 saturated carbocycles. The standard InChI is InChI=1S/C114H100F4N2O3/c1-3-73-19-55-97(56-20-73)121-99-59-35-85(36-60-99)113(83-31-43-89(117)44-32-83)107-17-7-5-15-101(107)103-63-51-93(69-109(103)113)119(91-47-27-77(28-48-91)81-13-9-11-79(67-81)75-23-39-87(115)40-24-75)95-53-65-105-106-66-54-96(72-112(106)123-111(105)71-95)120(92-49-29-78(30-50-92)82-14-10-12-80(68-82)76-25-41-88(116)42-26-76)94-52-64-104-102-16-6-8-18-108(102)114(110(104)70-94,84-33-45-90(118)46-34-84)86-37-61-100(62-38-86)122-98-57-21-74(4-2)22-58-98/h3-5,9-15,19-20,23-28,31,33,35-45,47,49,51-55,57,59-67,69-72,74,78,80,83,91,97,106,112H,1-2,6-8,16-18,21-22,29-30,32,34,46,48,50,56,58,68H2. The number of hydrogen-bond acceptors (Lipinski definition) is 5. The molecule has 612 valence electrons. The Labute approximate surface area is 720 Å². The van der Waals surface area contributed by atoms with Gasteiger partial charge in [-0.1, -0.05) is 200 Å². The van der Waals surface area contributed by atoms with Crippen LogP contribution in [0.5, 0.6) is 17.2 Å². The topological polar surface area (TPSA) is 34.2 Å². The van der Waals surface area contributed by atoms with Crippen molar-refractivity contribution in [3.05, 3.63) is 447 Å². The molecule has 10 unspecified atom stereocenters. The average molecular weight is 1620 g/mol. The molecule has 0 saturated heterocycles. The van der Waals surface area contributed by atoms with Crippen LogP contribution >= 0.6 is 0 Å². The molecular formula is C114H100F4N2O3. The van der Waals surface area contributed by atoms with Crippen LogP contribution in [0.2, 0.25) is 0 Å². The van der Waals surface area contributed by atoms with Crippen molar-refractivity contribution in [1.29, 1.82) is 0 Å². The molecule has 8 aromatic carbocycles. The van der Waals surface area contributed by atoms with E-state index in [1.165, 1.54) is 79.1 Å². The van der Waals surface area contributed by atoms with Gasteiger partial charge < -0.3 is 24.0 Å². The maximum Gasteiger partial charge on any atom is 0.130 e. The van der Waals surface area contributed by atoms with Gasteiger partial charge in [0.1, 0.15) is 58.5 Å². The van der Waals surface area contributed by atoms with Gasteiger partial charge in [0.2, 0.25) is 0 Å². The lowest BCUT2D eigenvalue weighted by molar-refractivity contribution is 0.251. The second-order valence-corrected chi connectivity index (χ2v) is 35.4. The van der Waals surface area contributed by atoms with Crippen LogP contribution < -0.4 is 24.0 Å². The van der Waals surface area contributed by atoms with Crippen molar-refractivity contribution < 1.29 is 31.8 Å². The summed E-state index contributed by atoms with van der Waals surface area (Å²) in [6.07, 6.45) is 64.7. The van der Waals surface area contributed by atoms with Crippen LogP contribution in [-0.4, -0.2) is 18.2 Å². The molecule has 9 heteroatoms. The van der Waals surface area contributed by atoms with E-state index in [-0.39, 0.29) is 59.3 Å². The molecule has 12 aliphatic carbocycles. The van der Waals surface area contributed by atoms with E-state index >= 15 is 8.78 Å². The van der Waals surface area contributed by atoms with Crippen LogP contribution in [0.4, 0.5) is 34.6 Å². The molecule has 0 fully saturated rings. The molecule has 0 spiro atoms. The molecule has 1 heterocycles. The first-order chi connectivity index (χ1) is 60.4. The van der Waals surface area contributed by atoms with E-state index in [0.717, 1.165) is 180 Å². The number of benzene rings is 8. The van der Waals surface area contributed by atoms with Gasteiger partial charge in [0, 0.05) is 76.6 Å². The van der Waals surface area contributed by atoms with E-state index in [1.807, 2.05) is 30.3 Å². The highest BCUT2D eigenvalue weighted by atomic mass is 19.1. The van der Waals surface area contributed by atoms with E-state index < -0.39 is 10.8 Å². The Kier molecular flexibility index (Phi) is 20.7. The first-order valence-corrected chi connectivity index (χ1v) is 44.7. The zero-order chi connectivity index (χ0) is 82.9. The Bertz CT molecular complexity index is 6190. The average Bonchev–Trinajstić information content (AvgIpc) is 1.55. The summed E-state index contributed by atoms with van der Waals surface area (Å²) in [6, 6.07) is 61.1. The van der Waals surface area contributed by atoms with Crippen LogP contribution in [0.1, 0.15) is 177 Å². The van der Waals surface area contributed by atoms with Crippen LogP contribution in [0.3, 0.4) is 0 Å². The SMILES string of the molecule is C=CC1=CCC(Oc2ccc(C3(C4C=CC(F)=CC4)C4=C(C=CCC4)c4ccc(N(c5ccc6c(c5)OC5C=C(N(C7=CCC(C8=CC=CC(c9ccc(F)cc9)C8)CC7)c7ccc8c(c7)C(C7=CC=C(F)CC7)(c7ccc(OC9=CCC(C=C)CC9)cc7)C7=C8CCCC7)C=CC65)C5C=CC(c6cccc(-c7ccc(F)cc7)c6)=CC5)cc43)cc2)C=C1. The van der Waals surface area contributed by atoms with Crippen molar-refractivity contribution in [1.82, 2.24) is 0 Å². The van der Waals surface area contributed by atoms with Crippen LogP contribution in [0.15, 0.2) is 386 Å². The number of hydrogen-bond donors (Lipinski definition) is 0. The molecule has 0 aromatic heterocycles. The van der Waals surface area contributed by atoms with Crippen LogP contribution in [-0.2, 0) is 10.8 Å². The third-order valence-corrected chi connectivity index (χ3v) is 28.7. The van der Waals surface area contributed by atoms with Crippen molar-refractivity contribution in [2.24, 2.45) is 17.8 Å². The zero-order valence-corrected chi connectivity index (χ0v) is 69.4. The summed E-state index contributed by atoms with van der Waals surface area (Å²) in [4.78, 5) is 5.05. The number of allylic oxidation sites excluding steroid dienone is 29. The lowest BCUT2D eigenvalue weighted by Crippen LogP contribution is -2.37. The predicted molar refractivity (Wildman–Crippen MR) is 493 cm³/mol. The van der Waals surface area contributed by atoms with Gasteiger partial charge in [-0.05, 0) is 331 Å². The Morgan fingerprint density at radius 1 is 0.553 bits per heavy atom. The molecule has 0 amide bonds. The fourth-order valence-electron chi connectivity index (χ4n) is 22.6. The van der Waals surface area contributed by atoms with Crippen molar-refractivity contribution in [3.8, 4) is 28.4 Å². The van der Waals surface area contributed by atoms with Crippen molar-refractivity contribution in [3.63, 3.8) is 0 Å².